The molecule has 2 aromatic rings. The summed E-state index contributed by atoms with van der Waals surface area (Å²) in [4.78, 5) is 27.7. The van der Waals surface area contributed by atoms with E-state index in [1.807, 2.05) is 36.1 Å². The van der Waals surface area contributed by atoms with Gasteiger partial charge in [-0.25, -0.2) is 5.01 Å². The molecule has 0 unspecified atom stereocenters. The van der Waals surface area contributed by atoms with E-state index in [9.17, 15) is 9.59 Å². The first-order chi connectivity index (χ1) is 14.9. The van der Waals surface area contributed by atoms with Crippen molar-refractivity contribution in [3.05, 3.63) is 58.1 Å². The largest absolute Gasteiger partial charge is 0.472 e. The van der Waals surface area contributed by atoms with Gasteiger partial charge in [0.05, 0.1) is 28.8 Å². The van der Waals surface area contributed by atoms with E-state index in [1.54, 1.807) is 12.1 Å². The van der Waals surface area contributed by atoms with Gasteiger partial charge in [0.15, 0.2) is 5.88 Å². The fourth-order valence-corrected chi connectivity index (χ4v) is 4.50. The minimum absolute atomic E-state index is 0.166. The van der Waals surface area contributed by atoms with Gasteiger partial charge >= 0.3 is 0 Å². The highest BCUT2D eigenvalue weighted by molar-refractivity contribution is 7.18. The van der Waals surface area contributed by atoms with E-state index in [0.717, 1.165) is 23.6 Å². The molecule has 1 N–H and O–H groups in total. The number of hydrazone groups is 1. The minimum Gasteiger partial charge on any atom is -0.472 e. The molecule has 1 fully saturated rings. The van der Waals surface area contributed by atoms with Crippen LogP contribution in [-0.2, 0) is 9.53 Å². The molecule has 1 aromatic carbocycles. The van der Waals surface area contributed by atoms with Crippen molar-refractivity contribution in [2.24, 2.45) is 5.10 Å². The zero-order valence-corrected chi connectivity index (χ0v) is 18.5. The zero-order valence-electron chi connectivity index (χ0n) is 17.0. The Labute approximate surface area is 189 Å². The van der Waals surface area contributed by atoms with Gasteiger partial charge in [0.1, 0.15) is 11.9 Å². The Kier molecular flexibility index (Phi) is 6.15. The Balaban J connectivity index is 1.36. The van der Waals surface area contributed by atoms with Crippen LogP contribution in [0.1, 0.15) is 16.6 Å². The molecule has 0 bridgehead atoms. The van der Waals surface area contributed by atoms with Crippen LogP contribution in [0.3, 0.4) is 0 Å². The number of nitrogens with zero attached hydrogens (tertiary/aromatic N) is 4. The first-order valence-corrected chi connectivity index (χ1v) is 11.0. The second-order valence-corrected chi connectivity index (χ2v) is 8.86. The lowest BCUT2D eigenvalue weighted by molar-refractivity contribution is -0.118. The summed E-state index contributed by atoms with van der Waals surface area (Å²) >= 11 is 7.13. The van der Waals surface area contributed by atoms with Crippen LogP contribution in [0.2, 0.25) is 4.34 Å². The van der Waals surface area contributed by atoms with Gasteiger partial charge < -0.3 is 19.9 Å². The lowest BCUT2D eigenvalue weighted by Gasteiger charge is -2.31. The van der Waals surface area contributed by atoms with Crippen LogP contribution in [0.5, 0.6) is 0 Å². The highest BCUT2D eigenvalue weighted by Gasteiger charge is 2.28. The molecule has 1 aromatic heterocycles. The van der Waals surface area contributed by atoms with E-state index in [0.29, 0.717) is 41.3 Å². The number of amides is 2. The smallest absolute Gasteiger partial charge is 0.261 e. The summed E-state index contributed by atoms with van der Waals surface area (Å²) in [6.45, 7) is 8.07. The molecule has 2 aliphatic heterocycles. The van der Waals surface area contributed by atoms with E-state index in [4.69, 9.17) is 16.3 Å². The first kappa shape index (κ1) is 21.2. The Bertz CT molecular complexity index is 1020. The maximum Gasteiger partial charge on any atom is 0.261 e. The molecule has 1 saturated heterocycles. The molecule has 3 heterocycles. The van der Waals surface area contributed by atoms with Crippen LogP contribution in [0.25, 0.3) is 0 Å². The predicted octanol–water partition coefficient (Wildman–Crippen LogP) is 3.12. The zero-order chi connectivity index (χ0) is 22.0. The summed E-state index contributed by atoms with van der Waals surface area (Å²) in [5, 5.41) is 8.54. The van der Waals surface area contributed by atoms with Gasteiger partial charge in [0, 0.05) is 17.9 Å². The highest BCUT2D eigenvalue weighted by atomic mass is 35.5. The fourth-order valence-electron chi connectivity index (χ4n) is 3.54. The van der Waals surface area contributed by atoms with Crippen LogP contribution in [0.4, 0.5) is 11.4 Å². The summed E-state index contributed by atoms with van der Waals surface area (Å²) in [6, 6.07) is 11.4. The van der Waals surface area contributed by atoms with Crippen molar-refractivity contribution in [1.82, 2.24) is 10.3 Å². The topological polar surface area (TPSA) is 77.5 Å². The number of nitrogens with one attached hydrogen (secondary N) is 1. The summed E-state index contributed by atoms with van der Waals surface area (Å²) in [7, 11) is 0. The summed E-state index contributed by atoms with van der Waals surface area (Å²) in [5.74, 6) is 1.15. The number of anilines is 2. The minimum atomic E-state index is -0.197. The lowest BCUT2D eigenvalue weighted by atomic mass is 10.2. The van der Waals surface area contributed by atoms with Gasteiger partial charge in [-0.15, -0.1) is 11.3 Å². The van der Waals surface area contributed by atoms with Crippen molar-refractivity contribution in [3.63, 3.8) is 0 Å². The Morgan fingerprint density at radius 1 is 1.26 bits per heavy atom. The number of halogens is 1. The fraction of sp³-hybridized carbons (Fsp3) is 0.286. The van der Waals surface area contributed by atoms with Crippen molar-refractivity contribution < 1.29 is 14.3 Å². The average molecular weight is 460 g/mol. The van der Waals surface area contributed by atoms with Gasteiger partial charge in [-0.2, -0.15) is 5.10 Å². The maximum atomic E-state index is 12.2. The number of hydrogen-bond acceptors (Lipinski definition) is 7. The summed E-state index contributed by atoms with van der Waals surface area (Å²) in [5.41, 5.74) is 1.95. The third-order valence-corrected chi connectivity index (χ3v) is 6.32. The number of rotatable bonds is 6. The van der Waals surface area contributed by atoms with Crippen molar-refractivity contribution in [2.45, 2.75) is 13.0 Å². The molecular weight excluding hydrogens is 438 g/mol. The molecule has 2 amide bonds. The SMILES string of the molecule is C=C1O[C@@H](CNC(=O)c2ccc(Cl)s2)CN1c1ccc(N2CCN(C=O)N=C2C)cc1. The van der Waals surface area contributed by atoms with Crippen molar-refractivity contribution in [3.8, 4) is 0 Å². The molecule has 1 atom stereocenters. The average Bonchev–Trinajstić information content (AvgIpc) is 3.37. The monoisotopic (exact) mass is 459 g/mol. The van der Waals surface area contributed by atoms with Gasteiger partial charge in [-0.1, -0.05) is 11.6 Å². The standard InChI is InChI=1S/C21H22ClN5O3S/c1-14-24-25(13-28)9-10-26(14)16-3-5-17(6-4-16)27-12-18(30-15(27)2)11-23-21(29)19-7-8-20(22)31-19/h3-8,13,18H,2,9-12H2,1H3,(H,23,29)/t18-/m0/s1. The van der Waals surface area contributed by atoms with Crippen LogP contribution in [0.15, 0.2) is 54.0 Å². The lowest BCUT2D eigenvalue weighted by Crippen LogP contribution is -2.42. The van der Waals surface area contributed by atoms with Gasteiger partial charge in [-0.05, 0) is 49.9 Å². The van der Waals surface area contributed by atoms with Crippen LogP contribution < -0.4 is 15.1 Å². The van der Waals surface area contributed by atoms with Crippen molar-refractivity contribution >= 4 is 52.5 Å². The number of hydrogen-bond donors (Lipinski definition) is 1. The number of amidine groups is 1. The van der Waals surface area contributed by atoms with Gasteiger partial charge in [0.25, 0.3) is 5.91 Å². The number of thiophene rings is 1. The molecule has 162 valence electrons. The molecule has 0 spiro atoms. The van der Waals surface area contributed by atoms with E-state index < -0.39 is 0 Å². The Hall–Kier alpha value is -3.04. The first-order valence-electron chi connectivity index (χ1n) is 9.76. The second-order valence-electron chi connectivity index (χ2n) is 7.14. The second kappa shape index (κ2) is 8.99. The van der Waals surface area contributed by atoms with Crippen molar-refractivity contribution in [2.75, 3.05) is 36.0 Å². The molecule has 10 heteroatoms. The van der Waals surface area contributed by atoms with Crippen LogP contribution >= 0.6 is 22.9 Å². The van der Waals surface area contributed by atoms with E-state index in [-0.39, 0.29) is 12.0 Å². The normalized spacial score (nSPS) is 18.6. The molecule has 0 saturated carbocycles. The van der Waals surface area contributed by atoms with Gasteiger partial charge in [-0.3, -0.25) is 9.59 Å². The molecule has 8 nitrogen and oxygen atoms in total. The predicted molar refractivity (Wildman–Crippen MR) is 123 cm³/mol. The quantitative estimate of drug-likeness (QED) is 0.671. The third kappa shape index (κ3) is 4.67. The molecule has 31 heavy (non-hydrogen) atoms. The van der Waals surface area contributed by atoms with E-state index in [1.165, 1.54) is 16.3 Å². The Morgan fingerprint density at radius 2 is 1.97 bits per heavy atom. The van der Waals surface area contributed by atoms with Crippen LogP contribution in [-0.4, -0.2) is 55.4 Å². The summed E-state index contributed by atoms with van der Waals surface area (Å²) in [6.07, 6.45) is 0.537. The Morgan fingerprint density at radius 3 is 2.58 bits per heavy atom. The van der Waals surface area contributed by atoms with Crippen molar-refractivity contribution in [1.29, 1.82) is 0 Å². The molecule has 2 aliphatic rings. The molecule has 0 aliphatic carbocycles. The van der Waals surface area contributed by atoms with E-state index >= 15 is 0 Å². The molecular formula is C21H22ClN5O3S. The van der Waals surface area contributed by atoms with Crippen LogP contribution in [0, 0.1) is 0 Å². The number of carbonyl (C=O) groups excluding carboxylic acids is 2. The van der Waals surface area contributed by atoms with E-state index in [2.05, 4.69) is 21.9 Å². The third-order valence-electron chi connectivity index (χ3n) is 5.09. The molecule has 0 radical (unpaired) electrons. The highest BCUT2D eigenvalue weighted by Crippen LogP contribution is 2.29. The summed E-state index contributed by atoms with van der Waals surface area (Å²) < 4.78 is 6.41. The van der Waals surface area contributed by atoms with Gasteiger partial charge in [0.2, 0.25) is 6.41 Å². The maximum absolute atomic E-state index is 12.2. The molecule has 4 rings (SSSR count). The number of carbonyl (C=O) groups is 2. The number of ether oxygens (including phenoxy) is 1. The number of benzene rings is 1.